The lowest BCUT2D eigenvalue weighted by atomic mass is 9.86. The number of carbonyl (C=O) groups is 1. The van der Waals surface area contributed by atoms with Crippen LogP contribution >= 0.6 is 0 Å². The van der Waals surface area contributed by atoms with Gasteiger partial charge >= 0.3 is 0 Å². The molecule has 5 nitrogen and oxygen atoms in total. The lowest BCUT2D eigenvalue weighted by molar-refractivity contribution is -0.121. The number of benzene rings is 1. The second-order valence-electron chi connectivity index (χ2n) is 13.9. The normalized spacial score (nSPS) is 16.4. The summed E-state index contributed by atoms with van der Waals surface area (Å²) < 4.78 is 117. The zero-order chi connectivity index (χ0) is 36.9. The van der Waals surface area contributed by atoms with Gasteiger partial charge in [0.2, 0.25) is 0 Å². The Morgan fingerprint density at radius 1 is 0.980 bits per heavy atom. The fourth-order valence-corrected chi connectivity index (χ4v) is 6.95. The number of fused-ring (bicyclic) bond motifs is 2. The van der Waals surface area contributed by atoms with Crippen molar-refractivity contribution in [3.63, 3.8) is 0 Å². The highest BCUT2D eigenvalue weighted by Crippen LogP contribution is 2.52. The highest BCUT2D eigenvalue weighted by Gasteiger charge is 2.55. The van der Waals surface area contributed by atoms with E-state index in [0.717, 1.165) is 23.4 Å². The van der Waals surface area contributed by atoms with E-state index in [1.807, 2.05) is 37.9 Å². The second-order valence-corrected chi connectivity index (χ2v) is 18.6. The number of Topliss-reactive ketones (excluding diaryl/α,β-unsaturated/α-hetero) is 1. The molecule has 0 saturated heterocycles. The molecule has 6 rings (SSSR count). The van der Waals surface area contributed by atoms with Crippen LogP contribution in [0.1, 0.15) is 76.8 Å². The number of alkyl halides is 6. The number of pyridine rings is 2. The Kier molecular flexibility index (Phi) is 9.56. The molecule has 0 unspecified atom stereocenters. The number of hydrogen-bond donors (Lipinski definition) is 0. The standard InChI is InChI=1S/C37H32F8N4OSi/c1-51(2,3)12-9-27-7-8-29(24-16-22-5-4-6-30(22)46-19-24)32(47-27)23(13-21-14-25(38)18-26(39)15-21)17-28(50)20-49-34-31(33(48-49)35(40)41)36(42,43)10-11-37(34,44)45/h4-5,7-8,14-16,18-19,23,35H,6,10-11,13,17,20H2,1-3H3/t23-/m1/s1. The van der Waals surface area contributed by atoms with Crippen molar-refractivity contribution >= 4 is 19.9 Å². The summed E-state index contributed by atoms with van der Waals surface area (Å²) in [6.45, 7) is 5.06. The fraction of sp³-hybridized carbons (Fsp3) is 0.351. The molecule has 3 aromatic heterocycles. The molecule has 14 heteroatoms. The van der Waals surface area contributed by atoms with Gasteiger partial charge in [0.1, 0.15) is 43.3 Å². The van der Waals surface area contributed by atoms with Crippen molar-refractivity contribution in [3.8, 4) is 22.6 Å². The van der Waals surface area contributed by atoms with Gasteiger partial charge in [0.25, 0.3) is 18.3 Å². The molecule has 2 aliphatic carbocycles. The monoisotopic (exact) mass is 728 g/mol. The number of hydrogen-bond acceptors (Lipinski definition) is 4. The van der Waals surface area contributed by atoms with Crippen molar-refractivity contribution < 1.29 is 39.9 Å². The third-order valence-electron chi connectivity index (χ3n) is 8.66. The smallest absolute Gasteiger partial charge is 0.290 e. The first-order valence-electron chi connectivity index (χ1n) is 16.2. The van der Waals surface area contributed by atoms with Gasteiger partial charge in [0.05, 0.1) is 17.0 Å². The highest BCUT2D eigenvalue weighted by atomic mass is 28.3. The molecule has 0 saturated carbocycles. The summed E-state index contributed by atoms with van der Waals surface area (Å²) in [6, 6.07) is 8.16. The molecule has 51 heavy (non-hydrogen) atoms. The first kappa shape index (κ1) is 36.2. The number of halogens is 8. The lowest BCUT2D eigenvalue weighted by Crippen LogP contribution is -2.33. The lowest BCUT2D eigenvalue weighted by Gasteiger charge is -2.29. The Hall–Kier alpha value is -4.64. The Morgan fingerprint density at radius 2 is 1.69 bits per heavy atom. The number of carbonyl (C=O) groups excluding carboxylic acids is 1. The molecule has 266 valence electrons. The summed E-state index contributed by atoms with van der Waals surface area (Å²) in [5, 5.41) is 3.41. The van der Waals surface area contributed by atoms with Crippen LogP contribution in [0.25, 0.3) is 17.2 Å². The molecule has 0 aliphatic heterocycles. The van der Waals surface area contributed by atoms with E-state index in [0.29, 0.717) is 29.3 Å². The van der Waals surface area contributed by atoms with E-state index < -0.39 is 92.4 Å². The largest absolute Gasteiger partial charge is 0.298 e. The summed E-state index contributed by atoms with van der Waals surface area (Å²) in [6.07, 6.45) is -0.853. The predicted octanol–water partition coefficient (Wildman–Crippen LogP) is 9.32. The molecule has 3 heterocycles. The van der Waals surface area contributed by atoms with Gasteiger partial charge in [-0.05, 0) is 47.9 Å². The Morgan fingerprint density at radius 3 is 2.37 bits per heavy atom. The summed E-state index contributed by atoms with van der Waals surface area (Å²) in [7, 11) is -1.89. The summed E-state index contributed by atoms with van der Waals surface area (Å²) in [5.74, 6) is -8.47. The van der Waals surface area contributed by atoms with E-state index in [4.69, 9.17) is 4.98 Å². The van der Waals surface area contributed by atoms with E-state index in [1.54, 1.807) is 18.3 Å². The molecule has 0 spiro atoms. The van der Waals surface area contributed by atoms with E-state index >= 15 is 8.78 Å². The van der Waals surface area contributed by atoms with E-state index in [9.17, 15) is 31.1 Å². The summed E-state index contributed by atoms with van der Waals surface area (Å²) in [4.78, 5) is 23.2. The maximum Gasteiger partial charge on any atom is 0.290 e. The SMILES string of the molecule is C[Si](C)(C)C#Cc1ccc(-c2cnc3c(c2)C=CC3)c([C@@H](CC(=O)Cn2nc(C(F)F)c3c2C(F)(F)CCC3(F)F)Cc2cc(F)cc(F)c2)n1. The van der Waals surface area contributed by atoms with Crippen LogP contribution in [0.5, 0.6) is 0 Å². The molecule has 1 atom stereocenters. The van der Waals surface area contributed by atoms with Crippen LogP contribution in [0, 0.1) is 23.1 Å². The average molecular weight is 729 g/mol. The number of aromatic nitrogens is 4. The van der Waals surface area contributed by atoms with Gasteiger partial charge in [0.15, 0.2) is 5.78 Å². The van der Waals surface area contributed by atoms with Crippen LogP contribution in [0.15, 0.2) is 48.7 Å². The zero-order valence-corrected chi connectivity index (χ0v) is 28.8. The molecule has 1 aromatic carbocycles. The number of ketones is 1. The molecule has 0 radical (unpaired) electrons. The number of rotatable bonds is 9. The van der Waals surface area contributed by atoms with Crippen LogP contribution in [-0.2, 0) is 36.0 Å². The van der Waals surface area contributed by atoms with Crippen molar-refractivity contribution in [2.45, 2.75) is 82.5 Å². The number of nitrogens with zero attached hydrogens (tertiary/aromatic N) is 4. The third kappa shape index (κ3) is 7.83. The van der Waals surface area contributed by atoms with Crippen molar-refractivity contribution in [2.75, 3.05) is 0 Å². The van der Waals surface area contributed by atoms with Crippen LogP contribution in [-0.4, -0.2) is 33.6 Å². The minimum absolute atomic E-state index is 0.147. The van der Waals surface area contributed by atoms with Gasteiger partial charge in [-0.2, -0.15) is 13.9 Å². The van der Waals surface area contributed by atoms with Crippen LogP contribution in [0.4, 0.5) is 35.1 Å². The summed E-state index contributed by atoms with van der Waals surface area (Å²) >= 11 is 0. The minimum atomic E-state index is -4.01. The molecule has 0 amide bonds. The maximum atomic E-state index is 15.1. The van der Waals surface area contributed by atoms with Crippen molar-refractivity contribution in [1.82, 2.24) is 19.7 Å². The maximum absolute atomic E-state index is 15.1. The van der Waals surface area contributed by atoms with E-state index in [2.05, 4.69) is 21.5 Å². The fourth-order valence-electron chi connectivity index (χ4n) is 6.44. The Balaban J connectivity index is 1.46. The zero-order valence-electron chi connectivity index (χ0n) is 27.8. The average Bonchev–Trinajstić information content (AvgIpc) is 3.67. The van der Waals surface area contributed by atoms with Crippen molar-refractivity contribution in [2.24, 2.45) is 0 Å². The van der Waals surface area contributed by atoms with Crippen LogP contribution in [0.3, 0.4) is 0 Å². The topological polar surface area (TPSA) is 60.7 Å². The van der Waals surface area contributed by atoms with Gasteiger partial charge in [-0.3, -0.25) is 14.5 Å². The summed E-state index contributed by atoms with van der Waals surface area (Å²) in [5.41, 5.74) is 2.33. The molecular weight excluding hydrogens is 697 g/mol. The Labute approximate surface area is 289 Å². The molecule has 2 aliphatic rings. The molecule has 0 fully saturated rings. The van der Waals surface area contributed by atoms with Crippen LogP contribution < -0.4 is 0 Å². The van der Waals surface area contributed by atoms with Crippen LogP contribution in [0.2, 0.25) is 19.6 Å². The van der Waals surface area contributed by atoms with E-state index in [1.165, 1.54) is 0 Å². The van der Waals surface area contributed by atoms with Gasteiger partial charge < -0.3 is 0 Å². The highest BCUT2D eigenvalue weighted by molar-refractivity contribution is 6.83. The van der Waals surface area contributed by atoms with Crippen molar-refractivity contribution in [1.29, 1.82) is 0 Å². The molecular formula is C37H32F8N4OSi. The Bertz CT molecular complexity index is 2090. The quantitative estimate of drug-likeness (QED) is 0.0980. The van der Waals surface area contributed by atoms with Crippen molar-refractivity contribution in [3.05, 3.63) is 105 Å². The predicted molar refractivity (Wildman–Crippen MR) is 177 cm³/mol. The first-order chi connectivity index (χ1) is 23.9. The molecule has 4 aromatic rings. The van der Waals surface area contributed by atoms with E-state index in [-0.39, 0.29) is 22.4 Å². The second kappa shape index (κ2) is 13.5. The minimum Gasteiger partial charge on any atom is -0.298 e. The number of allylic oxidation sites excluding steroid dienone is 1. The van der Waals surface area contributed by atoms with Gasteiger partial charge in [-0.1, -0.05) is 37.7 Å². The molecule has 0 bridgehead atoms. The third-order valence-corrected chi connectivity index (χ3v) is 9.53. The van der Waals surface area contributed by atoms with Gasteiger partial charge in [-0.15, -0.1) is 5.54 Å². The first-order valence-corrected chi connectivity index (χ1v) is 19.7. The molecule has 0 N–H and O–H groups in total. The van der Waals surface area contributed by atoms with Gasteiger partial charge in [0, 0.05) is 55.0 Å². The van der Waals surface area contributed by atoms with Gasteiger partial charge in [-0.25, -0.2) is 31.3 Å².